The highest BCUT2D eigenvalue weighted by molar-refractivity contribution is 5.73. The third-order valence-electron chi connectivity index (χ3n) is 3.69. The second-order valence-corrected chi connectivity index (χ2v) is 6.84. The third-order valence-corrected chi connectivity index (χ3v) is 3.69. The van der Waals surface area contributed by atoms with Crippen LogP contribution in [0.4, 0.5) is 0 Å². The van der Waals surface area contributed by atoms with Gasteiger partial charge >= 0.3 is 5.97 Å². The Balaban J connectivity index is 2.48. The van der Waals surface area contributed by atoms with E-state index in [-0.39, 0.29) is 11.9 Å². The summed E-state index contributed by atoms with van der Waals surface area (Å²) < 4.78 is 5.44. The lowest BCUT2D eigenvalue weighted by Crippen LogP contribution is -2.34. The van der Waals surface area contributed by atoms with Crippen LogP contribution >= 0.6 is 0 Å². The van der Waals surface area contributed by atoms with Gasteiger partial charge in [0.2, 0.25) is 0 Å². The molecule has 0 aromatic carbocycles. The molecular weight excluding hydrogens is 226 g/mol. The standard InChI is InChI=1S/C15H29NO2/c1-11-6-5-7-12(8-11)9-13(10-16)14(17)18-15(2,3)4/h11-13H,5-10,16H2,1-4H3. The van der Waals surface area contributed by atoms with Gasteiger partial charge in [0.1, 0.15) is 5.60 Å². The monoisotopic (exact) mass is 255 g/mol. The number of nitrogens with two attached hydrogens (primary N) is 1. The summed E-state index contributed by atoms with van der Waals surface area (Å²) in [6, 6.07) is 0. The second-order valence-electron chi connectivity index (χ2n) is 6.84. The topological polar surface area (TPSA) is 52.3 Å². The summed E-state index contributed by atoms with van der Waals surface area (Å²) >= 11 is 0. The maximum atomic E-state index is 12.0. The van der Waals surface area contributed by atoms with Gasteiger partial charge in [0, 0.05) is 6.54 Å². The molecule has 1 fully saturated rings. The van der Waals surface area contributed by atoms with Crippen LogP contribution in [0.1, 0.15) is 59.8 Å². The molecule has 0 heterocycles. The lowest BCUT2D eigenvalue weighted by Gasteiger charge is -2.30. The molecule has 0 saturated heterocycles. The van der Waals surface area contributed by atoms with E-state index in [0.29, 0.717) is 12.5 Å². The van der Waals surface area contributed by atoms with Crippen molar-refractivity contribution in [2.45, 2.75) is 65.4 Å². The van der Waals surface area contributed by atoms with Gasteiger partial charge in [0.15, 0.2) is 0 Å². The summed E-state index contributed by atoms with van der Waals surface area (Å²) in [4.78, 5) is 12.0. The number of esters is 1. The van der Waals surface area contributed by atoms with Crippen molar-refractivity contribution in [1.82, 2.24) is 0 Å². The molecule has 3 heteroatoms. The highest BCUT2D eigenvalue weighted by Crippen LogP contribution is 2.33. The average Bonchev–Trinajstić information content (AvgIpc) is 2.23. The molecule has 0 aliphatic heterocycles. The minimum absolute atomic E-state index is 0.122. The van der Waals surface area contributed by atoms with Crippen LogP contribution in [0.2, 0.25) is 0 Å². The molecule has 3 nitrogen and oxygen atoms in total. The Bertz CT molecular complexity index is 270. The average molecular weight is 255 g/mol. The molecule has 1 aliphatic carbocycles. The van der Waals surface area contributed by atoms with Crippen LogP contribution in [0.3, 0.4) is 0 Å². The first-order chi connectivity index (χ1) is 8.31. The van der Waals surface area contributed by atoms with E-state index < -0.39 is 5.60 Å². The van der Waals surface area contributed by atoms with Crippen LogP contribution in [-0.2, 0) is 9.53 Å². The molecule has 3 unspecified atom stereocenters. The molecule has 106 valence electrons. The van der Waals surface area contributed by atoms with Gasteiger partial charge in [-0.25, -0.2) is 0 Å². The first-order valence-electron chi connectivity index (χ1n) is 7.24. The summed E-state index contributed by atoms with van der Waals surface area (Å²) in [6.07, 6.45) is 5.99. The maximum Gasteiger partial charge on any atom is 0.310 e. The van der Waals surface area contributed by atoms with Gasteiger partial charge in [-0.05, 0) is 45.4 Å². The van der Waals surface area contributed by atoms with Crippen molar-refractivity contribution in [3.8, 4) is 0 Å². The zero-order chi connectivity index (χ0) is 13.8. The first kappa shape index (κ1) is 15.5. The molecule has 18 heavy (non-hydrogen) atoms. The molecule has 3 atom stereocenters. The molecule has 1 aliphatic rings. The minimum atomic E-state index is -0.412. The van der Waals surface area contributed by atoms with Crippen LogP contribution in [0.25, 0.3) is 0 Å². The Hall–Kier alpha value is -0.570. The first-order valence-corrected chi connectivity index (χ1v) is 7.24. The number of rotatable bonds is 4. The van der Waals surface area contributed by atoms with Crippen LogP contribution in [0.5, 0.6) is 0 Å². The number of ether oxygens (including phenoxy) is 1. The predicted octanol–water partition coefficient (Wildman–Crippen LogP) is 3.12. The van der Waals surface area contributed by atoms with E-state index >= 15 is 0 Å². The van der Waals surface area contributed by atoms with Crippen molar-refractivity contribution in [2.75, 3.05) is 6.54 Å². The normalized spacial score (nSPS) is 26.7. The van der Waals surface area contributed by atoms with Gasteiger partial charge in [-0.1, -0.05) is 26.2 Å². The van der Waals surface area contributed by atoms with Gasteiger partial charge in [-0.3, -0.25) is 4.79 Å². The number of hydrogen-bond acceptors (Lipinski definition) is 3. The van der Waals surface area contributed by atoms with E-state index in [4.69, 9.17) is 10.5 Å². The van der Waals surface area contributed by atoms with Crippen LogP contribution in [0.15, 0.2) is 0 Å². The molecule has 0 aromatic rings. The number of carbonyl (C=O) groups excluding carboxylic acids is 1. The van der Waals surface area contributed by atoms with Gasteiger partial charge in [0.25, 0.3) is 0 Å². The van der Waals surface area contributed by atoms with Crippen molar-refractivity contribution >= 4 is 5.97 Å². The quantitative estimate of drug-likeness (QED) is 0.785. The van der Waals surface area contributed by atoms with Gasteiger partial charge in [0.05, 0.1) is 5.92 Å². The largest absolute Gasteiger partial charge is 0.460 e. The van der Waals surface area contributed by atoms with Crippen molar-refractivity contribution in [1.29, 1.82) is 0 Å². The Morgan fingerprint density at radius 1 is 1.39 bits per heavy atom. The van der Waals surface area contributed by atoms with Gasteiger partial charge in [-0.2, -0.15) is 0 Å². The zero-order valence-corrected chi connectivity index (χ0v) is 12.4. The minimum Gasteiger partial charge on any atom is -0.460 e. The van der Waals surface area contributed by atoms with E-state index in [0.717, 1.165) is 12.3 Å². The lowest BCUT2D eigenvalue weighted by atomic mass is 9.78. The summed E-state index contributed by atoms with van der Waals surface area (Å²) in [6.45, 7) is 8.42. The van der Waals surface area contributed by atoms with Crippen molar-refractivity contribution in [3.05, 3.63) is 0 Å². The van der Waals surface area contributed by atoms with Crippen molar-refractivity contribution in [2.24, 2.45) is 23.5 Å². The van der Waals surface area contributed by atoms with Crippen LogP contribution in [0, 0.1) is 17.8 Å². The highest BCUT2D eigenvalue weighted by atomic mass is 16.6. The molecule has 0 amide bonds. The molecule has 0 bridgehead atoms. The van der Waals surface area contributed by atoms with Gasteiger partial charge < -0.3 is 10.5 Å². The molecule has 2 N–H and O–H groups in total. The molecular formula is C15H29NO2. The van der Waals surface area contributed by atoms with E-state index in [2.05, 4.69) is 6.92 Å². The Kier molecular flexibility index (Phi) is 5.64. The summed E-state index contributed by atoms with van der Waals surface area (Å²) in [5, 5.41) is 0. The van der Waals surface area contributed by atoms with Gasteiger partial charge in [-0.15, -0.1) is 0 Å². The summed E-state index contributed by atoms with van der Waals surface area (Å²) in [7, 11) is 0. The Morgan fingerprint density at radius 2 is 2.06 bits per heavy atom. The zero-order valence-electron chi connectivity index (χ0n) is 12.4. The lowest BCUT2D eigenvalue weighted by molar-refractivity contribution is -0.160. The fourth-order valence-corrected chi connectivity index (χ4v) is 2.85. The van der Waals surface area contributed by atoms with Crippen LogP contribution < -0.4 is 5.73 Å². The van der Waals surface area contributed by atoms with Crippen molar-refractivity contribution in [3.63, 3.8) is 0 Å². The smallest absolute Gasteiger partial charge is 0.310 e. The molecule has 0 spiro atoms. The van der Waals surface area contributed by atoms with E-state index in [9.17, 15) is 4.79 Å². The Labute approximate surface area is 111 Å². The molecule has 1 rings (SSSR count). The predicted molar refractivity (Wildman–Crippen MR) is 74.1 cm³/mol. The fourth-order valence-electron chi connectivity index (χ4n) is 2.85. The van der Waals surface area contributed by atoms with E-state index in [1.807, 2.05) is 20.8 Å². The summed E-state index contributed by atoms with van der Waals surface area (Å²) in [5.41, 5.74) is 5.33. The molecule has 0 aromatic heterocycles. The van der Waals surface area contributed by atoms with Crippen molar-refractivity contribution < 1.29 is 9.53 Å². The molecule has 0 radical (unpaired) electrons. The highest BCUT2D eigenvalue weighted by Gasteiger charge is 2.28. The maximum absolute atomic E-state index is 12.0. The van der Waals surface area contributed by atoms with Crippen LogP contribution in [-0.4, -0.2) is 18.1 Å². The summed E-state index contributed by atoms with van der Waals surface area (Å²) in [5.74, 6) is 1.19. The third kappa shape index (κ3) is 5.38. The number of carbonyl (C=O) groups is 1. The molecule has 1 saturated carbocycles. The number of hydrogen-bond donors (Lipinski definition) is 1. The second kappa shape index (κ2) is 6.55. The Morgan fingerprint density at radius 3 is 2.56 bits per heavy atom. The van der Waals surface area contributed by atoms with E-state index in [1.165, 1.54) is 25.7 Å². The SMILES string of the molecule is CC1CCCC(CC(CN)C(=O)OC(C)(C)C)C1. The fraction of sp³-hybridized carbons (Fsp3) is 0.933. The van der Waals surface area contributed by atoms with E-state index in [1.54, 1.807) is 0 Å².